The maximum absolute atomic E-state index is 11.9. The molecule has 55 heavy (non-hydrogen) atoms. The van der Waals surface area contributed by atoms with Crippen LogP contribution >= 0.6 is 23.5 Å². The molecule has 0 radical (unpaired) electrons. The highest BCUT2D eigenvalue weighted by atomic mass is 32.2. The summed E-state index contributed by atoms with van der Waals surface area (Å²) in [7, 11) is 0. The first-order valence-corrected chi connectivity index (χ1v) is 21.1. The van der Waals surface area contributed by atoms with Gasteiger partial charge in [-0.25, -0.2) is 29.5 Å². The fraction of sp³-hybridized carbons (Fsp3) is 0.442. The van der Waals surface area contributed by atoms with Crippen LogP contribution in [0.5, 0.6) is 0 Å². The van der Waals surface area contributed by atoms with E-state index in [9.17, 15) is 9.59 Å². The molecular weight excluding hydrogens is 729 g/mol. The molecule has 2 heterocycles. The molecule has 2 atom stereocenters. The summed E-state index contributed by atoms with van der Waals surface area (Å²) < 4.78 is 9.98. The number of carbonyl (C=O) groups is 2. The number of nitrogens with zero attached hydrogens (tertiary/aromatic N) is 6. The zero-order valence-electron chi connectivity index (χ0n) is 32.4. The fourth-order valence-corrected chi connectivity index (χ4v) is 6.67. The second-order valence-corrected chi connectivity index (χ2v) is 15.0. The molecule has 2 aromatic carbocycles. The van der Waals surface area contributed by atoms with E-state index < -0.39 is 24.1 Å². The van der Waals surface area contributed by atoms with Gasteiger partial charge in [0.25, 0.3) is 0 Å². The van der Waals surface area contributed by atoms with Gasteiger partial charge in [0.1, 0.15) is 12.1 Å². The first-order valence-electron chi connectivity index (χ1n) is 19.1. The Bertz CT molecular complexity index is 1790. The van der Waals surface area contributed by atoms with Crippen LogP contribution < -0.4 is 0 Å². The summed E-state index contributed by atoms with van der Waals surface area (Å²) in [6.07, 6.45) is 19.8. The van der Waals surface area contributed by atoms with Crippen LogP contribution in [0.2, 0.25) is 0 Å². The Morgan fingerprint density at radius 1 is 0.545 bits per heavy atom. The Morgan fingerprint density at radius 2 is 0.873 bits per heavy atom. The normalized spacial score (nSPS) is 11.6. The average Bonchev–Trinajstić information content (AvgIpc) is 3.22. The van der Waals surface area contributed by atoms with Gasteiger partial charge in [0, 0.05) is 47.4 Å². The van der Waals surface area contributed by atoms with Crippen molar-refractivity contribution in [3.63, 3.8) is 0 Å². The van der Waals surface area contributed by atoms with Crippen LogP contribution in [0.1, 0.15) is 119 Å². The highest BCUT2D eigenvalue weighted by Gasteiger charge is 2.13. The van der Waals surface area contributed by atoms with Crippen molar-refractivity contribution in [2.75, 3.05) is 11.5 Å². The van der Waals surface area contributed by atoms with E-state index in [1.807, 2.05) is 48.8 Å². The number of ether oxygens (including phenoxy) is 2. The number of thioether (sulfide) groups is 2. The summed E-state index contributed by atoms with van der Waals surface area (Å²) in [5.74, 6) is 1.08. The number of benzene rings is 2. The fourth-order valence-electron chi connectivity index (χ4n) is 5.10. The van der Waals surface area contributed by atoms with Crippen LogP contribution in [-0.2, 0) is 9.47 Å². The van der Waals surface area contributed by atoms with Gasteiger partial charge in [0.05, 0.1) is 11.1 Å². The van der Waals surface area contributed by atoms with E-state index in [0.717, 1.165) is 44.1 Å². The average molecular weight is 781 g/mol. The standard InChI is InChI=1S/C22H27N3O2S.C21H25N3O2S/c1-3-4-5-6-7-8-13-28-22-24-15-20(16-25-22)18-9-11-19(12-10-18)21(26)27-17(2)14-23;1-3-4-5-6-7-12-27-21-23-14-19(15-24-21)17-8-10-18(11-9-17)20(25)26-16(2)13-22/h9-12,15-17H,3-8,13H2,1-2H3;8-11,14-16H,3-7,12H2,1-2H3/t17-;16-/m11/s1. The van der Waals surface area contributed by atoms with Crippen molar-refractivity contribution in [2.45, 2.75) is 121 Å². The quantitative estimate of drug-likeness (QED) is 0.0342. The van der Waals surface area contributed by atoms with Gasteiger partial charge < -0.3 is 9.47 Å². The van der Waals surface area contributed by atoms with Gasteiger partial charge in [-0.2, -0.15) is 10.5 Å². The SMILES string of the molecule is CCCCCCCCSc1ncc(-c2ccc(C(=O)O[C@H](C)C#N)cc2)cn1.CCCCCCCSc1ncc(-c2ccc(C(=O)O[C@H](C)C#N)cc2)cn1. The van der Waals surface area contributed by atoms with Crippen molar-refractivity contribution in [1.29, 1.82) is 10.5 Å². The van der Waals surface area contributed by atoms with Gasteiger partial charge in [-0.15, -0.1) is 0 Å². The number of unbranched alkanes of at least 4 members (excludes halogenated alkanes) is 9. The van der Waals surface area contributed by atoms with Crippen LogP contribution in [0.4, 0.5) is 0 Å². The number of carbonyl (C=O) groups excluding carboxylic acids is 2. The lowest BCUT2D eigenvalue weighted by atomic mass is 10.1. The third kappa shape index (κ3) is 17.1. The van der Waals surface area contributed by atoms with E-state index >= 15 is 0 Å². The third-order valence-corrected chi connectivity index (χ3v) is 10.2. The van der Waals surface area contributed by atoms with Gasteiger partial charge in [0.2, 0.25) is 0 Å². The number of hydrogen-bond acceptors (Lipinski definition) is 12. The Labute approximate surface area is 334 Å². The topological polar surface area (TPSA) is 152 Å². The molecule has 0 N–H and O–H groups in total. The van der Waals surface area contributed by atoms with E-state index in [4.69, 9.17) is 20.0 Å². The largest absolute Gasteiger partial charge is 0.444 e. The predicted octanol–water partition coefficient (Wildman–Crippen LogP) is 10.9. The summed E-state index contributed by atoms with van der Waals surface area (Å²) in [5, 5.41) is 19.0. The van der Waals surface area contributed by atoms with Gasteiger partial charge in [-0.3, -0.25) is 0 Å². The van der Waals surface area contributed by atoms with Crippen molar-refractivity contribution in [1.82, 2.24) is 19.9 Å². The molecule has 290 valence electrons. The lowest BCUT2D eigenvalue weighted by Gasteiger charge is -2.07. The monoisotopic (exact) mass is 780 g/mol. The van der Waals surface area contributed by atoms with Gasteiger partial charge >= 0.3 is 11.9 Å². The first-order chi connectivity index (χ1) is 26.8. The lowest BCUT2D eigenvalue weighted by molar-refractivity contribution is 0.0425. The lowest BCUT2D eigenvalue weighted by Crippen LogP contribution is -2.12. The zero-order valence-corrected chi connectivity index (χ0v) is 34.0. The Morgan fingerprint density at radius 3 is 1.20 bits per heavy atom. The Hall–Kier alpha value is -4.78. The minimum absolute atomic E-state index is 0.414. The van der Waals surface area contributed by atoms with E-state index in [2.05, 4.69) is 33.8 Å². The molecule has 0 aliphatic carbocycles. The first kappa shape index (κ1) is 44.6. The van der Waals surface area contributed by atoms with Crippen molar-refractivity contribution in [2.24, 2.45) is 0 Å². The summed E-state index contributed by atoms with van der Waals surface area (Å²) in [6.45, 7) is 7.53. The maximum Gasteiger partial charge on any atom is 0.339 e. The Kier molecular flexibility index (Phi) is 21.2. The van der Waals surface area contributed by atoms with Gasteiger partial charge in [0.15, 0.2) is 22.5 Å². The van der Waals surface area contributed by atoms with Crippen molar-refractivity contribution >= 4 is 35.5 Å². The van der Waals surface area contributed by atoms with Crippen molar-refractivity contribution in [3.05, 3.63) is 84.4 Å². The van der Waals surface area contributed by atoms with Gasteiger partial charge in [-0.05, 0) is 62.1 Å². The molecule has 0 aliphatic heterocycles. The number of esters is 2. The highest BCUT2D eigenvalue weighted by molar-refractivity contribution is 7.99. The van der Waals surface area contributed by atoms with Crippen LogP contribution in [0.15, 0.2) is 83.6 Å². The highest BCUT2D eigenvalue weighted by Crippen LogP contribution is 2.23. The minimum Gasteiger partial charge on any atom is -0.444 e. The molecular formula is C43H52N6O4S2. The molecule has 0 unspecified atom stereocenters. The predicted molar refractivity (Wildman–Crippen MR) is 219 cm³/mol. The molecule has 4 rings (SSSR count). The summed E-state index contributed by atoms with van der Waals surface area (Å²) >= 11 is 3.38. The number of nitriles is 2. The second-order valence-electron chi connectivity index (χ2n) is 12.9. The van der Waals surface area contributed by atoms with Crippen LogP contribution in [0.3, 0.4) is 0 Å². The van der Waals surface area contributed by atoms with E-state index in [-0.39, 0.29) is 0 Å². The molecule has 0 bridgehead atoms. The molecule has 0 amide bonds. The molecule has 0 saturated carbocycles. The molecule has 0 saturated heterocycles. The molecule has 0 fully saturated rings. The number of hydrogen-bond donors (Lipinski definition) is 0. The zero-order chi connectivity index (χ0) is 39.7. The van der Waals surface area contributed by atoms with E-state index in [1.165, 1.54) is 84.5 Å². The number of rotatable bonds is 21. The summed E-state index contributed by atoms with van der Waals surface area (Å²) in [5.41, 5.74) is 4.48. The third-order valence-electron chi connectivity index (χ3n) is 8.30. The van der Waals surface area contributed by atoms with E-state index in [1.54, 1.807) is 60.2 Å². The molecule has 0 aliphatic rings. The summed E-state index contributed by atoms with van der Waals surface area (Å²) in [4.78, 5) is 41.5. The molecule has 10 nitrogen and oxygen atoms in total. The summed E-state index contributed by atoms with van der Waals surface area (Å²) in [6, 6.07) is 17.8. The molecule has 12 heteroatoms. The smallest absolute Gasteiger partial charge is 0.339 e. The van der Waals surface area contributed by atoms with Crippen LogP contribution in [-0.4, -0.2) is 55.6 Å². The maximum atomic E-state index is 11.9. The van der Waals surface area contributed by atoms with Crippen molar-refractivity contribution in [3.8, 4) is 34.4 Å². The van der Waals surface area contributed by atoms with Crippen molar-refractivity contribution < 1.29 is 19.1 Å². The minimum atomic E-state index is -0.762. The van der Waals surface area contributed by atoms with Crippen LogP contribution in [0.25, 0.3) is 22.3 Å². The van der Waals surface area contributed by atoms with Crippen LogP contribution in [0, 0.1) is 22.7 Å². The molecule has 4 aromatic rings. The number of aromatic nitrogens is 4. The molecule has 0 spiro atoms. The molecule has 2 aromatic heterocycles. The second kappa shape index (κ2) is 26.1. The van der Waals surface area contributed by atoms with Gasteiger partial charge in [-0.1, -0.05) is 119 Å². The van der Waals surface area contributed by atoms with E-state index in [0.29, 0.717) is 11.1 Å². The Balaban J connectivity index is 0.000000296.